The summed E-state index contributed by atoms with van der Waals surface area (Å²) in [6, 6.07) is 12.5. The number of carbonyl (C=O) groups excluding carboxylic acids is 5. The highest BCUT2D eigenvalue weighted by Crippen LogP contribution is 2.57. The van der Waals surface area contributed by atoms with Gasteiger partial charge in [-0.1, -0.05) is 13.8 Å². The third kappa shape index (κ3) is 9.01. The van der Waals surface area contributed by atoms with Crippen LogP contribution in [0.4, 0.5) is 10.5 Å². The van der Waals surface area contributed by atoms with Crippen molar-refractivity contribution < 1.29 is 47.7 Å². The monoisotopic (exact) mass is 827 g/mol. The van der Waals surface area contributed by atoms with Crippen molar-refractivity contribution in [3.05, 3.63) is 76.9 Å². The second-order valence-electron chi connectivity index (χ2n) is 16.2. The maximum Gasteiger partial charge on any atom is 0.408 e. The van der Waals surface area contributed by atoms with E-state index in [4.69, 9.17) is 35.2 Å². The first kappa shape index (κ1) is 43.4. The van der Waals surface area contributed by atoms with Crippen LogP contribution in [-0.2, 0) is 29.5 Å². The number of ketones is 2. The van der Waals surface area contributed by atoms with Gasteiger partial charge in [0.15, 0.2) is 11.6 Å². The summed E-state index contributed by atoms with van der Waals surface area (Å²) < 4.78 is 29.1. The summed E-state index contributed by atoms with van der Waals surface area (Å²) in [7, 11) is 3.07. The van der Waals surface area contributed by atoms with Gasteiger partial charge in [0.05, 0.1) is 25.8 Å². The Bertz CT molecular complexity index is 2200. The Balaban J connectivity index is 1.27. The van der Waals surface area contributed by atoms with Crippen molar-refractivity contribution in [1.82, 2.24) is 15.8 Å². The summed E-state index contributed by atoms with van der Waals surface area (Å²) in [5, 5.41) is 7.15. The number of fused-ring (bicyclic) bond motifs is 6. The van der Waals surface area contributed by atoms with E-state index in [9.17, 15) is 24.0 Å². The van der Waals surface area contributed by atoms with E-state index < -0.39 is 64.8 Å². The molecule has 3 aromatic carbocycles. The Morgan fingerprint density at radius 2 is 1.62 bits per heavy atom. The number of anilines is 1. The average Bonchev–Trinajstić information content (AvgIpc) is 3.78. The highest BCUT2D eigenvalue weighted by atomic mass is 16.6. The number of guanidine groups is 1. The number of nitrogens with zero attached hydrogens (tertiary/aromatic N) is 2. The molecule has 1 fully saturated rings. The van der Waals surface area contributed by atoms with Crippen molar-refractivity contribution in [2.24, 2.45) is 22.4 Å². The molecule has 0 saturated carbocycles. The van der Waals surface area contributed by atoms with Gasteiger partial charge in [-0.15, -0.1) is 0 Å². The number of benzene rings is 3. The van der Waals surface area contributed by atoms with E-state index in [2.05, 4.69) is 21.1 Å². The third-order valence-electron chi connectivity index (χ3n) is 10.5. The van der Waals surface area contributed by atoms with Gasteiger partial charge in [-0.3, -0.25) is 19.4 Å². The van der Waals surface area contributed by atoms with Crippen LogP contribution in [0.1, 0.15) is 87.4 Å². The van der Waals surface area contributed by atoms with E-state index in [1.54, 1.807) is 94.2 Å². The molecule has 320 valence electrons. The Kier molecular flexibility index (Phi) is 12.7. The van der Waals surface area contributed by atoms with E-state index in [1.165, 1.54) is 14.2 Å². The predicted molar refractivity (Wildman–Crippen MR) is 221 cm³/mol. The minimum Gasteiger partial charge on any atom is -0.497 e. The van der Waals surface area contributed by atoms with E-state index >= 15 is 0 Å². The molecule has 17 heteroatoms. The van der Waals surface area contributed by atoms with Crippen molar-refractivity contribution in [3.8, 4) is 23.0 Å². The number of nitrogens with two attached hydrogens (primary N) is 2. The molecular formula is C43H53N7O10. The molecule has 1 spiro atoms. The lowest BCUT2D eigenvalue weighted by Gasteiger charge is -2.37. The standard InChI is InChI=1S/C43H53N7O10/c1-23(2)35(48-41(55)60-42(3,4)5)37(52)36(51)32-11-9-19-50(32)49-31(10-8-18-46-40(44)45)38(53)47-24-12-16-28-33(20-24)58-34-22-26(57-7)14-17-29(34)43(28)30-21-25(56-6)13-15-27(30)39(54)59-43/h12-17,20-23,31-32,35,49H,8-11,18-19H2,1-7H3,(H,47,53)(H,48,55)(H4,44,45,46)/t31?,32-,35-,43?/m0/s1. The van der Waals surface area contributed by atoms with Crippen LogP contribution in [0.2, 0.25) is 0 Å². The van der Waals surface area contributed by atoms with Gasteiger partial charge in [0.2, 0.25) is 17.5 Å². The fourth-order valence-electron chi connectivity index (χ4n) is 7.68. The predicted octanol–water partition coefficient (Wildman–Crippen LogP) is 4.29. The third-order valence-corrected chi connectivity index (χ3v) is 10.5. The number of ether oxygens (including phenoxy) is 5. The zero-order valence-electron chi connectivity index (χ0n) is 34.9. The molecule has 3 aromatic rings. The number of alkyl carbamates (subject to hydrolysis) is 1. The highest BCUT2D eigenvalue weighted by molar-refractivity contribution is 6.41. The molecule has 3 aliphatic heterocycles. The smallest absolute Gasteiger partial charge is 0.408 e. The molecule has 60 heavy (non-hydrogen) atoms. The fraction of sp³-hybridized carbons (Fsp3) is 0.442. The molecule has 17 nitrogen and oxygen atoms in total. The lowest BCUT2D eigenvalue weighted by Crippen LogP contribution is -2.57. The van der Waals surface area contributed by atoms with Gasteiger partial charge >= 0.3 is 12.1 Å². The summed E-state index contributed by atoms with van der Waals surface area (Å²) in [6.07, 6.45) is 0.761. The average molecular weight is 828 g/mol. The first-order valence-corrected chi connectivity index (χ1v) is 19.8. The van der Waals surface area contributed by atoms with Crippen molar-refractivity contribution in [3.63, 3.8) is 0 Å². The van der Waals surface area contributed by atoms with Gasteiger partial charge in [0, 0.05) is 47.6 Å². The lowest BCUT2D eigenvalue weighted by molar-refractivity contribution is -0.142. The minimum absolute atomic E-state index is 0.0904. The van der Waals surface area contributed by atoms with Crippen LogP contribution in [0.15, 0.2) is 59.6 Å². The van der Waals surface area contributed by atoms with E-state index in [1.807, 2.05) is 0 Å². The molecule has 0 aromatic heterocycles. The van der Waals surface area contributed by atoms with Crippen LogP contribution in [0.25, 0.3) is 0 Å². The molecule has 4 atom stereocenters. The number of esters is 1. The van der Waals surface area contributed by atoms with Gasteiger partial charge in [-0.25, -0.2) is 20.0 Å². The number of hydrogen-bond acceptors (Lipinski definition) is 13. The summed E-state index contributed by atoms with van der Waals surface area (Å²) >= 11 is 0. The van der Waals surface area contributed by atoms with Gasteiger partial charge in [0.1, 0.15) is 40.7 Å². The second-order valence-corrected chi connectivity index (χ2v) is 16.2. The maximum absolute atomic E-state index is 14.2. The number of aliphatic imine (C=N–C) groups is 1. The summed E-state index contributed by atoms with van der Waals surface area (Å²) in [5.41, 5.74) is 14.5. The molecule has 0 bridgehead atoms. The Morgan fingerprint density at radius 1 is 0.950 bits per heavy atom. The van der Waals surface area contributed by atoms with Crippen LogP contribution in [0.3, 0.4) is 0 Å². The van der Waals surface area contributed by atoms with Crippen LogP contribution in [0, 0.1) is 5.92 Å². The molecule has 3 aliphatic rings. The molecule has 0 aliphatic carbocycles. The molecule has 2 unspecified atom stereocenters. The topological polar surface area (TPSA) is 235 Å². The number of hydrazine groups is 1. The quantitative estimate of drug-likeness (QED) is 0.0473. The zero-order chi connectivity index (χ0) is 43.5. The largest absolute Gasteiger partial charge is 0.497 e. The molecule has 3 heterocycles. The number of rotatable bonds is 15. The summed E-state index contributed by atoms with van der Waals surface area (Å²) in [6.45, 7) is 9.17. The molecule has 7 N–H and O–H groups in total. The zero-order valence-corrected chi connectivity index (χ0v) is 34.9. The normalized spacial score (nSPS) is 18.9. The number of Topliss-reactive ketones (excluding diaryl/α,β-unsaturated/α-hetero) is 2. The molecule has 6 rings (SSSR count). The van der Waals surface area contributed by atoms with E-state index in [0.717, 1.165) is 0 Å². The molecule has 0 radical (unpaired) electrons. The second kappa shape index (κ2) is 17.6. The van der Waals surface area contributed by atoms with Crippen molar-refractivity contribution in [1.29, 1.82) is 0 Å². The fourth-order valence-corrected chi connectivity index (χ4v) is 7.68. The van der Waals surface area contributed by atoms with Crippen molar-refractivity contribution >= 4 is 41.2 Å². The Labute approximate surface area is 348 Å². The number of hydrogen-bond donors (Lipinski definition) is 5. The van der Waals surface area contributed by atoms with Crippen molar-refractivity contribution in [2.45, 2.75) is 89.6 Å². The van der Waals surface area contributed by atoms with Crippen LogP contribution in [0.5, 0.6) is 23.0 Å². The maximum atomic E-state index is 14.2. The highest BCUT2D eigenvalue weighted by Gasteiger charge is 2.54. The van der Waals surface area contributed by atoms with Gasteiger partial charge in [-0.2, -0.15) is 0 Å². The Hall–Kier alpha value is -6.20. The first-order chi connectivity index (χ1) is 28.4. The number of nitrogens with one attached hydrogen (secondary N) is 3. The van der Waals surface area contributed by atoms with Gasteiger partial charge in [-0.05, 0) is 94.8 Å². The van der Waals surface area contributed by atoms with E-state index in [0.29, 0.717) is 76.7 Å². The lowest BCUT2D eigenvalue weighted by atomic mass is 9.77. The summed E-state index contributed by atoms with van der Waals surface area (Å²) in [5.74, 6) is -1.18. The first-order valence-electron chi connectivity index (χ1n) is 19.8. The van der Waals surface area contributed by atoms with Gasteiger partial charge in [0.25, 0.3) is 0 Å². The molecule has 1 saturated heterocycles. The van der Waals surface area contributed by atoms with Crippen LogP contribution >= 0.6 is 0 Å². The molecule has 2 amide bonds. The number of amides is 2. The van der Waals surface area contributed by atoms with Gasteiger partial charge < -0.3 is 45.8 Å². The Morgan fingerprint density at radius 3 is 2.28 bits per heavy atom. The van der Waals surface area contributed by atoms with E-state index in [-0.39, 0.29) is 18.9 Å². The SMILES string of the molecule is COc1ccc2c(c1)Oc1cc(NC(=O)C(CCCN=C(N)N)NN3CCC[C@H]3C(=O)C(=O)[C@@H](NC(=O)OC(C)(C)C)C(C)C)ccc1C21OC(=O)c2ccc(OC)cc21. The van der Waals surface area contributed by atoms with Crippen LogP contribution < -0.4 is 41.7 Å². The number of methoxy groups -OCH3 is 2. The minimum atomic E-state index is -1.40. The van der Waals surface area contributed by atoms with Crippen LogP contribution in [-0.4, -0.2) is 91.5 Å². The summed E-state index contributed by atoms with van der Waals surface area (Å²) in [4.78, 5) is 71.8. The number of carbonyl (C=O) groups is 5. The van der Waals surface area contributed by atoms with Crippen molar-refractivity contribution in [2.75, 3.05) is 32.6 Å². The molecular weight excluding hydrogens is 775 g/mol.